The van der Waals surface area contributed by atoms with Gasteiger partial charge in [-0.25, -0.2) is 4.99 Å². The minimum Gasteiger partial charge on any atom is -0.262 e. The minimum atomic E-state index is -0.644. The van der Waals surface area contributed by atoms with Crippen LogP contribution in [0.25, 0.3) is 0 Å². The van der Waals surface area contributed by atoms with Gasteiger partial charge in [0, 0.05) is 17.6 Å². The maximum atomic E-state index is 9.89. The van der Waals surface area contributed by atoms with Gasteiger partial charge in [0.2, 0.25) is 0 Å². The smallest absolute Gasteiger partial charge is 0.262 e. The van der Waals surface area contributed by atoms with Gasteiger partial charge in [0.1, 0.15) is 0 Å². The molecule has 4 nitrogen and oxygen atoms in total. The highest BCUT2D eigenvalue weighted by Gasteiger charge is 2.19. The first-order valence-corrected chi connectivity index (χ1v) is 2.46. The summed E-state index contributed by atoms with van der Waals surface area (Å²) in [6.07, 6.45) is 2.29. The molecule has 1 unspecified atom stereocenters. The van der Waals surface area contributed by atoms with E-state index in [9.17, 15) is 10.1 Å². The Morgan fingerprint density at radius 3 is 2.88 bits per heavy atom. The van der Waals surface area contributed by atoms with Crippen LogP contribution in [0.2, 0.25) is 0 Å². The largest absolute Gasteiger partial charge is 0.303 e. The molecule has 0 saturated heterocycles. The number of aliphatic imine (C=N–C) groups is 1. The van der Waals surface area contributed by atoms with Gasteiger partial charge in [0.25, 0.3) is 0 Å². The third-order valence-corrected chi connectivity index (χ3v) is 1.07. The quantitative estimate of drug-likeness (QED) is 0.367. The first-order chi connectivity index (χ1) is 3.80. The van der Waals surface area contributed by atoms with Crippen molar-refractivity contribution in [1.82, 2.24) is 0 Å². The van der Waals surface area contributed by atoms with E-state index in [1.54, 1.807) is 6.21 Å². The topological polar surface area (TPSA) is 55.5 Å². The number of nitrogens with zero attached hydrogens (tertiary/aromatic N) is 2. The van der Waals surface area contributed by atoms with Gasteiger partial charge >= 0.3 is 6.17 Å². The highest BCUT2D eigenvalue weighted by molar-refractivity contribution is 5.59. The highest BCUT2D eigenvalue weighted by Crippen LogP contribution is 2.06. The van der Waals surface area contributed by atoms with Gasteiger partial charge in [-0.3, -0.25) is 10.1 Å². The van der Waals surface area contributed by atoms with Crippen LogP contribution in [0.1, 0.15) is 12.8 Å². The van der Waals surface area contributed by atoms with E-state index in [-0.39, 0.29) is 4.92 Å². The van der Waals surface area contributed by atoms with Gasteiger partial charge < -0.3 is 0 Å². The number of hydrogen-bond acceptors (Lipinski definition) is 3. The van der Waals surface area contributed by atoms with Crippen LogP contribution >= 0.6 is 0 Å². The summed E-state index contributed by atoms with van der Waals surface area (Å²) in [7, 11) is 0. The van der Waals surface area contributed by atoms with Crippen molar-refractivity contribution in [3.63, 3.8) is 0 Å². The van der Waals surface area contributed by atoms with Gasteiger partial charge in [-0.05, 0) is 6.42 Å². The van der Waals surface area contributed by atoms with Crippen LogP contribution in [0.5, 0.6) is 0 Å². The van der Waals surface area contributed by atoms with Crippen molar-refractivity contribution in [1.29, 1.82) is 0 Å². The molecule has 1 aliphatic heterocycles. The first-order valence-electron chi connectivity index (χ1n) is 2.46. The standard InChI is InChI=1S/C4H6N2O2/c7-6(8)4-2-1-3-5-4/h3-4H,1-2H2. The van der Waals surface area contributed by atoms with E-state index in [1.807, 2.05) is 0 Å². The van der Waals surface area contributed by atoms with Crippen molar-refractivity contribution < 1.29 is 4.92 Å². The monoisotopic (exact) mass is 114 g/mol. The second-order valence-electron chi connectivity index (χ2n) is 1.67. The molecule has 1 rings (SSSR count). The molecule has 0 fully saturated rings. The Morgan fingerprint density at radius 2 is 2.62 bits per heavy atom. The fourth-order valence-electron chi connectivity index (χ4n) is 0.654. The summed E-state index contributed by atoms with van der Waals surface area (Å²) in [5, 5.41) is 9.89. The molecule has 0 radical (unpaired) electrons. The first kappa shape index (κ1) is 5.21. The summed E-state index contributed by atoms with van der Waals surface area (Å²) >= 11 is 0. The fraction of sp³-hybridized carbons (Fsp3) is 0.750. The lowest BCUT2D eigenvalue weighted by atomic mass is 10.3. The van der Waals surface area contributed by atoms with Crippen LogP contribution < -0.4 is 0 Å². The summed E-state index contributed by atoms with van der Waals surface area (Å²) in [4.78, 5) is 13.1. The Bertz CT molecular complexity index is 132. The van der Waals surface area contributed by atoms with E-state index in [2.05, 4.69) is 4.99 Å². The normalized spacial score (nSPS) is 26.2. The molecule has 0 aromatic rings. The van der Waals surface area contributed by atoms with Gasteiger partial charge in [-0.15, -0.1) is 0 Å². The van der Waals surface area contributed by atoms with E-state index in [0.717, 1.165) is 6.42 Å². The Morgan fingerprint density at radius 1 is 1.88 bits per heavy atom. The number of nitro groups is 1. The molecule has 0 N–H and O–H groups in total. The van der Waals surface area contributed by atoms with Crippen molar-refractivity contribution in [3.05, 3.63) is 10.1 Å². The summed E-state index contributed by atoms with van der Waals surface area (Å²) < 4.78 is 0. The molecular formula is C4H6N2O2. The summed E-state index contributed by atoms with van der Waals surface area (Å²) in [6.45, 7) is 0. The molecule has 4 heteroatoms. The molecule has 0 aromatic carbocycles. The average molecular weight is 114 g/mol. The predicted octanol–water partition coefficient (Wildman–Crippen LogP) is 0.454. The second kappa shape index (κ2) is 1.90. The van der Waals surface area contributed by atoms with E-state index in [1.165, 1.54) is 0 Å². The maximum Gasteiger partial charge on any atom is 0.303 e. The lowest BCUT2D eigenvalue weighted by Gasteiger charge is -1.92. The summed E-state index contributed by atoms with van der Waals surface area (Å²) in [5.74, 6) is 0. The van der Waals surface area contributed by atoms with E-state index in [4.69, 9.17) is 0 Å². The fourth-order valence-corrected chi connectivity index (χ4v) is 0.654. The van der Waals surface area contributed by atoms with Gasteiger partial charge in [-0.2, -0.15) is 0 Å². The van der Waals surface area contributed by atoms with Crippen molar-refractivity contribution in [2.45, 2.75) is 19.0 Å². The third-order valence-electron chi connectivity index (χ3n) is 1.07. The molecule has 1 heterocycles. The Kier molecular flexibility index (Phi) is 1.24. The maximum absolute atomic E-state index is 9.89. The summed E-state index contributed by atoms with van der Waals surface area (Å²) in [6, 6.07) is 0. The SMILES string of the molecule is O=[N+]([O-])C1CCC=N1. The zero-order valence-corrected chi connectivity index (χ0v) is 4.28. The lowest BCUT2D eigenvalue weighted by molar-refractivity contribution is -0.519. The second-order valence-corrected chi connectivity index (χ2v) is 1.67. The highest BCUT2D eigenvalue weighted by atomic mass is 16.6. The Hall–Kier alpha value is -0.930. The van der Waals surface area contributed by atoms with Crippen LogP contribution in [0.4, 0.5) is 0 Å². The average Bonchev–Trinajstić information content (AvgIpc) is 2.12. The van der Waals surface area contributed by atoms with Gasteiger partial charge in [0.05, 0.1) is 0 Å². The van der Waals surface area contributed by atoms with Crippen molar-refractivity contribution in [3.8, 4) is 0 Å². The minimum absolute atomic E-state index is 0.358. The van der Waals surface area contributed by atoms with E-state index in [0.29, 0.717) is 6.42 Å². The Balaban J connectivity index is 2.48. The zero-order chi connectivity index (χ0) is 5.98. The van der Waals surface area contributed by atoms with Gasteiger partial charge in [0.15, 0.2) is 0 Å². The molecule has 0 aliphatic carbocycles. The molecule has 0 spiro atoms. The van der Waals surface area contributed by atoms with E-state index < -0.39 is 6.17 Å². The molecule has 1 aliphatic rings. The molecule has 0 aromatic heterocycles. The van der Waals surface area contributed by atoms with Crippen LogP contribution in [0, 0.1) is 10.1 Å². The lowest BCUT2D eigenvalue weighted by Crippen LogP contribution is -2.12. The molecular weight excluding hydrogens is 108 g/mol. The van der Waals surface area contributed by atoms with E-state index >= 15 is 0 Å². The van der Waals surface area contributed by atoms with Gasteiger partial charge in [-0.1, -0.05) is 0 Å². The van der Waals surface area contributed by atoms with Crippen molar-refractivity contribution in [2.75, 3.05) is 0 Å². The zero-order valence-electron chi connectivity index (χ0n) is 4.28. The van der Waals surface area contributed by atoms with Crippen LogP contribution in [0.15, 0.2) is 4.99 Å². The molecule has 8 heavy (non-hydrogen) atoms. The molecule has 0 bridgehead atoms. The number of hydrogen-bond donors (Lipinski definition) is 0. The van der Waals surface area contributed by atoms with Crippen molar-refractivity contribution in [2.24, 2.45) is 4.99 Å². The van der Waals surface area contributed by atoms with Crippen LogP contribution in [-0.2, 0) is 0 Å². The van der Waals surface area contributed by atoms with Crippen LogP contribution in [-0.4, -0.2) is 17.3 Å². The van der Waals surface area contributed by atoms with Crippen molar-refractivity contribution >= 4 is 6.21 Å². The molecule has 0 saturated carbocycles. The third kappa shape index (κ3) is 0.828. The summed E-state index contributed by atoms with van der Waals surface area (Å²) in [5.41, 5.74) is 0. The molecule has 0 amide bonds. The predicted molar refractivity (Wildman–Crippen MR) is 28.5 cm³/mol. The van der Waals surface area contributed by atoms with Crippen LogP contribution in [0.3, 0.4) is 0 Å². The molecule has 44 valence electrons. The Labute approximate surface area is 46.4 Å². The molecule has 1 atom stereocenters. The number of rotatable bonds is 1.